The average Bonchev–Trinajstić information content (AvgIpc) is 3.46. The van der Waals surface area contributed by atoms with Crippen molar-refractivity contribution in [1.82, 2.24) is 0 Å². The number of carbonyl (C=O) groups is 4. The Morgan fingerprint density at radius 3 is 1.35 bits per heavy atom. The van der Waals surface area contributed by atoms with Gasteiger partial charge in [0.15, 0.2) is 5.75 Å². The minimum absolute atomic E-state index is 0.0252. The summed E-state index contributed by atoms with van der Waals surface area (Å²) in [5, 5.41) is -1.39. The van der Waals surface area contributed by atoms with Crippen LogP contribution < -0.4 is 14.5 Å². The molecule has 3 rings (SSSR count). The van der Waals surface area contributed by atoms with E-state index in [9.17, 15) is 93.8 Å². The predicted octanol–water partition coefficient (Wildman–Crippen LogP) is 7.06. The quantitative estimate of drug-likeness (QED) is 0.146. The van der Waals surface area contributed by atoms with Crippen LogP contribution in [0.5, 0.6) is 5.75 Å². The van der Waals surface area contributed by atoms with Crippen LogP contribution in [-0.4, -0.2) is 65.3 Å². The third-order valence-corrected chi connectivity index (χ3v) is 6.48. The molecular formula is C23H6ClF17N2O5. The number of imide groups is 2. The summed E-state index contributed by atoms with van der Waals surface area (Å²) in [7, 11) is 0. The Bertz CT molecular complexity index is 1650. The molecular weight excluding hydrogens is 743 g/mol. The Labute approximate surface area is 256 Å². The number of amides is 4. The zero-order valence-electron chi connectivity index (χ0n) is 21.7. The standard InChI is InChI=1S/C23H6ClF17N2O5/c24-14-8(43-12(46)3-4-13(43)47)5-7(42-10(44)1-2-11(42)45)6-9(14)48-16(26)15(25)17(27,28)18(29,30)19(31,32)20(33,34)21(35,36)22(37,38)23(39,40)41/h1-6H. The minimum Gasteiger partial charge on any atom is -0.428 e. The van der Waals surface area contributed by atoms with Crippen molar-refractivity contribution in [2.24, 2.45) is 0 Å². The second kappa shape index (κ2) is 11.4. The van der Waals surface area contributed by atoms with Gasteiger partial charge in [-0.2, -0.15) is 74.6 Å². The van der Waals surface area contributed by atoms with Gasteiger partial charge in [0, 0.05) is 30.4 Å². The van der Waals surface area contributed by atoms with Gasteiger partial charge in [-0.1, -0.05) is 11.6 Å². The molecule has 0 bridgehead atoms. The van der Waals surface area contributed by atoms with Crippen LogP contribution in [0.15, 0.2) is 48.3 Å². The van der Waals surface area contributed by atoms with Gasteiger partial charge in [-0.25, -0.2) is 9.80 Å². The van der Waals surface area contributed by atoms with E-state index >= 15 is 0 Å². The monoisotopic (exact) mass is 748 g/mol. The van der Waals surface area contributed by atoms with Crippen molar-refractivity contribution in [3.8, 4) is 5.75 Å². The zero-order chi connectivity index (χ0) is 37.4. The first-order valence-corrected chi connectivity index (χ1v) is 11.8. The Hall–Kier alpha value is -4.38. The Kier molecular flexibility index (Phi) is 9.01. The van der Waals surface area contributed by atoms with Gasteiger partial charge in [0.25, 0.3) is 23.6 Å². The molecule has 2 aliphatic heterocycles. The first-order chi connectivity index (χ1) is 21.4. The highest BCUT2D eigenvalue weighted by atomic mass is 35.5. The molecule has 0 saturated carbocycles. The first kappa shape index (κ1) is 38.1. The van der Waals surface area contributed by atoms with Crippen LogP contribution >= 0.6 is 11.6 Å². The molecule has 2 aliphatic rings. The maximum atomic E-state index is 14.5. The van der Waals surface area contributed by atoms with E-state index in [0.29, 0.717) is 30.4 Å². The average molecular weight is 749 g/mol. The molecule has 2 heterocycles. The normalized spacial score (nSPS) is 17.6. The summed E-state index contributed by atoms with van der Waals surface area (Å²) in [6, 6.07) is -3.31. The van der Waals surface area contributed by atoms with Crippen molar-refractivity contribution in [2.75, 3.05) is 9.80 Å². The lowest BCUT2D eigenvalue weighted by atomic mass is 9.91. The molecule has 1 aromatic carbocycles. The van der Waals surface area contributed by atoms with Gasteiger partial charge in [-0.05, 0) is 6.07 Å². The van der Waals surface area contributed by atoms with Crippen LogP contribution in [0.3, 0.4) is 0 Å². The molecule has 0 saturated heterocycles. The van der Waals surface area contributed by atoms with Crippen molar-refractivity contribution in [3.63, 3.8) is 0 Å². The molecule has 0 spiro atoms. The van der Waals surface area contributed by atoms with Crippen molar-refractivity contribution < 1.29 is 98.6 Å². The van der Waals surface area contributed by atoms with E-state index in [2.05, 4.69) is 4.74 Å². The van der Waals surface area contributed by atoms with Crippen LogP contribution in [0.4, 0.5) is 86.0 Å². The number of hydrogen-bond donors (Lipinski definition) is 0. The van der Waals surface area contributed by atoms with Crippen LogP contribution in [0, 0.1) is 0 Å². The fraction of sp³-hybridized carbons (Fsp3) is 0.304. The summed E-state index contributed by atoms with van der Waals surface area (Å²) >= 11 is 5.77. The van der Waals surface area contributed by atoms with Crippen molar-refractivity contribution in [2.45, 2.75) is 41.7 Å². The molecule has 0 atom stereocenters. The van der Waals surface area contributed by atoms with E-state index in [1.54, 1.807) is 0 Å². The van der Waals surface area contributed by atoms with Gasteiger partial charge >= 0.3 is 47.7 Å². The third-order valence-electron chi connectivity index (χ3n) is 6.10. The number of anilines is 2. The second-order valence-electron chi connectivity index (χ2n) is 9.10. The highest BCUT2D eigenvalue weighted by Gasteiger charge is 2.94. The van der Waals surface area contributed by atoms with Crippen molar-refractivity contribution in [1.29, 1.82) is 0 Å². The van der Waals surface area contributed by atoms with E-state index in [1.807, 2.05) is 0 Å². The van der Waals surface area contributed by atoms with E-state index in [4.69, 9.17) is 11.6 Å². The molecule has 0 N–H and O–H groups in total. The third kappa shape index (κ3) is 5.32. The van der Waals surface area contributed by atoms with Gasteiger partial charge in [-0.3, -0.25) is 19.2 Å². The Morgan fingerprint density at radius 1 is 0.562 bits per heavy atom. The van der Waals surface area contributed by atoms with Gasteiger partial charge in [0.1, 0.15) is 5.02 Å². The molecule has 0 aromatic heterocycles. The highest BCUT2D eigenvalue weighted by molar-refractivity contribution is 6.39. The van der Waals surface area contributed by atoms with Gasteiger partial charge in [-0.15, -0.1) is 0 Å². The van der Waals surface area contributed by atoms with Crippen molar-refractivity contribution in [3.05, 3.63) is 53.3 Å². The lowest BCUT2D eigenvalue weighted by molar-refractivity contribution is -0.451. The molecule has 48 heavy (non-hydrogen) atoms. The molecule has 1 aromatic rings. The Morgan fingerprint density at radius 2 is 0.938 bits per heavy atom. The Balaban J connectivity index is 2.16. The lowest BCUT2D eigenvalue weighted by Crippen LogP contribution is -2.72. The van der Waals surface area contributed by atoms with Crippen LogP contribution in [-0.2, 0) is 19.2 Å². The van der Waals surface area contributed by atoms with E-state index in [0.717, 1.165) is 0 Å². The topological polar surface area (TPSA) is 84.0 Å². The summed E-state index contributed by atoms with van der Waals surface area (Å²) in [4.78, 5) is 48.3. The number of hydrogen-bond acceptors (Lipinski definition) is 5. The zero-order valence-corrected chi connectivity index (χ0v) is 22.5. The summed E-state index contributed by atoms with van der Waals surface area (Å²) in [6.45, 7) is 0. The van der Waals surface area contributed by atoms with Gasteiger partial charge < -0.3 is 4.74 Å². The fourth-order valence-electron chi connectivity index (χ4n) is 3.60. The second-order valence-corrected chi connectivity index (χ2v) is 9.48. The van der Waals surface area contributed by atoms with E-state index < -0.39 is 99.3 Å². The summed E-state index contributed by atoms with van der Waals surface area (Å²) in [5.41, 5.74) is -2.03. The number of carbonyl (C=O) groups excluding carboxylic acids is 4. The van der Waals surface area contributed by atoms with Crippen LogP contribution in [0.25, 0.3) is 0 Å². The largest absolute Gasteiger partial charge is 0.460 e. The predicted molar refractivity (Wildman–Crippen MR) is 120 cm³/mol. The maximum absolute atomic E-state index is 14.5. The number of nitrogens with zero attached hydrogens (tertiary/aromatic N) is 2. The molecule has 4 amide bonds. The van der Waals surface area contributed by atoms with Gasteiger partial charge in [0.2, 0.25) is 5.83 Å². The van der Waals surface area contributed by atoms with Crippen LogP contribution in [0.1, 0.15) is 0 Å². The number of alkyl halides is 15. The summed E-state index contributed by atoms with van der Waals surface area (Å²) in [6.07, 6.45) is -5.72. The van der Waals surface area contributed by atoms with Crippen LogP contribution in [0.2, 0.25) is 5.02 Å². The molecule has 7 nitrogen and oxygen atoms in total. The molecule has 0 fully saturated rings. The van der Waals surface area contributed by atoms with E-state index in [-0.39, 0.29) is 15.9 Å². The number of ether oxygens (including phenoxy) is 1. The number of halogens is 18. The first-order valence-electron chi connectivity index (χ1n) is 11.4. The molecule has 0 radical (unpaired) electrons. The fourth-order valence-corrected chi connectivity index (χ4v) is 3.83. The molecule has 264 valence electrons. The summed E-state index contributed by atoms with van der Waals surface area (Å²) < 4.78 is 234. The molecule has 0 aliphatic carbocycles. The smallest absolute Gasteiger partial charge is 0.428 e. The summed E-state index contributed by atoms with van der Waals surface area (Å²) in [5.74, 6) is -62.6. The SMILES string of the molecule is O=C1C=CC(=O)N1c1cc(OC(F)=C(F)C(F)(F)C(F)(F)C(F)(F)C(F)(F)C(F)(F)C(F)(F)C(F)(F)F)c(Cl)c(N2C(=O)C=CC2=O)c1. The number of benzene rings is 1. The lowest BCUT2D eigenvalue weighted by Gasteiger charge is -2.41. The van der Waals surface area contributed by atoms with E-state index in [1.165, 1.54) is 0 Å². The highest BCUT2D eigenvalue weighted by Crippen LogP contribution is 2.63. The molecule has 0 unspecified atom stereocenters. The minimum atomic E-state index is -8.80. The van der Waals surface area contributed by atoms with Crippen molar-refractivity contribution >= 4 is 46.6 Å². The number of rotatable bonds is 10. The van der Waals surface area contributed by atoms with Gasteiger partial charge in [0.05, 0.1) is 11.4 Å². The molecule has 25 heteroatoms. The maximum Gasteiger partial charge on any atom is 0.460 e. The number of allylic oxidation sites excluding steroid dienone is 1.